The average molecular weight is 328 g/mol. The van der Waals surface area contributed by atoms with Gasteiger partial charge in [-0.25, -0.2) is 4.98 Å². The number of nitrogens with one attached hydrogen (secondary N) is 1. The molecule has 0 spiro atoms. The van der Waals surface area contributed by atoms with Crippen LogP contribution in [0.5, 0.6) is 0 Å². The van der Waals surface area contributed by atoms with E-state index in [1.807, 2.05) is 11.8 Å². The number of amides is 1. The summed E-state index contributed by atoms with van der Waals surface area (Å²) < 4.78 is 5.33. The molecule has 21 heavy (non-hydrogen) atoms. The van der Waals surface area contributed by atoms with E-state index in [1.165, 1.54) is 17.1 Å². The summed E-state index contributed by atoms with van der Waals surface area (Å²) in [6.45, 7) is 2.99. The Kier molecular flexibility index (Phi) is 4.87. The van der Waals surface area contributed by atoms with Crippen LogP contribution in [0.4, 0.5) is 10.9 Å². The normalized spacial score (nSPS) is 23.0. The molecule has 1 aromatic heterocycles. The van der Waals surface area contributed by atoms with Crippen LogP contribution in [0.2, 0.25) is 0 Å². The molecule has 3 heterocycles. The van der Waals surface area contributed by atoms with E-state index >= 15 is 0 Å². The van der Waals surface area contributed by atoms with Gasteiger partial charge in [-0.15, -0.1) is 0 Å². The van der Waals surface area contributed by atoms with Gasteiger partial charge >= 0.3 is 0 Å². The van der Waals surface area contributed by atoms with Gasteiger partial charge < -0.3 is 20.7 Å². The lowest BCUT2D eigenvalue weighted by atomic mass is 10.2. The van der Waals surface area contributed by atoms with Gasteiger partial charge in [-0.1, -0.05) is 11.3 Å². The van der Waals surface area contributed by atoms with Crippen molar-refractivity contribution in [3.8, 4) is 0 Å². The zero-order valence-electron chi connectivity index (χ0n) is 11.8. The molecule has 0 aromatic carbocycles. The van der Waals surface area contributed by atoms with Crippen LogP contribution in [0.1, 0.15) is 22.5 Å². The minimum atomic E-state index is -0.0861. The molecular formula is C13H20N4O2S2. The highest BCUT2D eigenvalue weighted by atomic mass is 32.2. The van der Waals surface area contributed by atoms with Gasteiger partial charge in [-0.3, -0.25) is 4.79 Å². The molecule has 2 aliphatic rings. The number of carbonyl (C=O) groups is 1. The number of thioether (sulfide) groups is 1. The third-order valence-corrected chi connectivity index (χ3v) is 5.97. The second-order valence-electron chi connectivity index (χ2n) is 5.20. The number of rotatable bonds is 3. The van der Waals surface area contributed by atoms with E-state index < -0.39 is 0 Å². The summed E-state index contributed by atoms with van der Waals surface area (Å²) in [5.74, 6) is 2.43. The summed E-state index contributed by atoms with van der Waals surface area (Å²) in [5, 5.41) is 3.90. The van der Waals surface area contributed by atoms with Gasteiger partial charge in [-0.05, 0) is 18.6 Å². The van der Waals surface area contributed by atoms with Crippen LogP contribution in [0.15, 0.2) is 0 Å². The molecule has 0 saturated carbocycles. The van der Waals surface area contributed by atoms with Crippen LogP contribution in [-0.4, -0.2) is 54.7 Å². The lowest BCUT2D eigenvalue weighted by Crippen LogP contribution is -2.38. The quantitative estimate of drug-likeness (QED) is 0.867. The van der Waals surface area contributed by atoms with Crippen molar-refractivity contribution in [3.63, 3.8) is 0 Å². The van der Waals surface area contributed by atoms with Crippen molar-refractivity contribution >= 4 is 40.0 Å². The monoisotopic (exact) mass is 328 g/mol. The number of nitrogen functional groups attached to an aromatic ring is 1. The molecule has 3 N–H and O–H groups in total. The predicted molar refractivity (Wildman–Crippen MR) is 87.4 cm³/mol. The minimum Gasteiger partial charge on any atom is -0.382 e. The van der Waals surface area contributed by atoms with E-state index in [1.54, 1.807) is 0 Å². The number of hydrogen-bond donors (Lipinski definition) is 2. The highest BCUT2D eigenvalue weighted by molar-refractivity contribution is 7.99. The molecule has 1 unspecified atom stereocenters. The number of anilines is 2. The van der Waals surface area contributed by atoms with E-state index in [9.17, 15) is 4.79 Å². The number of thiazole rings is 1. The number of morpholine rings is 1. The summed E-state index contributed by atoms with van der Waals surface area (Å²) in [6, 6.07) is 0.254. The van der Waals surface area contributed by atoms with E-state index in [-0.39, 0.29) is 11.9 Å². The lowest BCUT2D eigenvalue weighted by Gasteiger charge is -2.25. The Morgan fingerprint density at radius 2 is 2.24 bits per heavy atom. The minimum absolute atomic E-state index is 0.0861. The first kappa shape index (κ1) is 14.9. The summed E-state index contributed by atoms with van der Waals surface area (Å²) >= 11 is 3.27. The molecule has 1 aromatic rings. The van der Waals surface area contributed by atoms with Crippen molar-refractivity contribution in [2.24, 2.45) is 0 Å². The Labute approximate surface area is 132 Å². The molecule has 3 rings (SSSR count). The third-order valence-electron chi connectivity index (χ3n) is 3.63. The lowest BCUT2D eigenvalue weighted by molar-refractivity contribution is 0.0943. The van der Waals surface area contributed by atoms with Gasteiger partial charge in [0.15, 0.2) is 5.13 Å². The summed E-state index contributed by atoms with van der Waals surface area (Å²) in [6.07, 6.45) is 2.21. The topological polar surface area (TPSA) is 80.5 Å². The van der Waals surface area contributed by atoms with E-state index in [0.29, 0.717) is 23.9 Å². The fourth-order valence-corrected chi connectivity index (χ4v) is 4.49. The molecule has 0 bridgehead atoms. The maximum absolute atomic E-state index is 12.4. The smallest absolute Gasteiger partial charge is 0.265 e. The number of ether oxygens (including phenoxy) is 1. The maximum atomic E-state index is 12.4. The van der Waals surface area contributed by atoms with Gasteiger partial charge in [0.25, 0.3) is 5.91 Å². The summed E-state index contributed by atoms with van der Waals surface area (Å²) in [5.41, 5.74) is 5.93. The van der Waals surface area contributed by atoms with Crippen molar-refractivity contribution in [3.05, 3.63) is 4.88 Å². The van der Waals surface area contributed by atoms with Gasteiger partial charge in [0.05, 0.1) is 13.2 Å². The molecule has 2 aliphatic heterocycles. The molecule has 0 radical (unpaired) electrons. The molecule has 2 saturated heterocycles. The molecule has 116 valence electrons. The van der Waals surface area contributed by atoms with Crippen molar-refractivity contribution in [1.29, 1.82) is 0 Å². The number of aromatic nitrogens is 1. The first-order chi connectivity index (χ1) is 10.2. The maximum Gasteiger partial charge on any atom is 0.265 e. The number of nitrogens with two attached hydrogens (primary N) is 1. The van der Waals surface area contributed by atoms with Gasteiger partial charge in [-0.2, -0.15) is 11.8 Å². The largest absolute Gasteiger partial charge is 0.382 e. The van der Waals surface area contributed by atoms with Crippen molar-refractivity contribution in [2.45, 2.75) is 18.9 Å². The number of nitrogens with zero attached hydrogens (tertiary/aromatic N) is 2. The van der Waals surface area contributed by atoms with Gasteiger partial charge in [0.1, 0.15) is 10.7 Å². The SMILES string of the molecule is Nc1nc(N2CCOCC2)sc1C(=O)NC1CCCSC1. The highest BCUT2D eigenvalue weighted by Gasteiger charge is 2.23. The Hall–Kier alpha value is -0.990. The zero-order valence-corrected chi connectivity index (χ0v) is 13.5. The van der Waals surface area contributed by atoms with Crippen LogP contribution < -0.4 is 16.0 Å². The van der Waals surface area contributed by atoms with E-state index in [4.69, 9.17) is 10.5 Å². The average Bonchev–Trinajstić information content (AvgIpc) is 2.91. The third kappa shape index (κ3) is 3.61. The molecule has 8 heteroatoms. The zero-order chi connectivity index (χ0) is 14.7. The molecule has 1 amide bonds. The first-order valence-corrected chi connectivity index (χ1v) is 9.19. The molecule has 0 aliphatic carbocycles. The van der Waals surface area contributed by atoms with Crippen LogP contribution >= 0.6 is 23.1 Å². The Morgan fingerprint density at radius 1 is 1.43 bits per heavy atom. The second kappa shape index (κ2) is 6.85. The fourth-order valence-electron chi connectivity index (χ4n) is 2.48. The predicted octanol–water partition coefficient (Wildman–Crippen LogP) is 1.19. The van der Waals surface area contributed by atoms with E-state index in [2.05, 4.69) is 15.2 Å². The number of hydrogen-bond acceptors (Lipinski definition) is 7. The van der Waals surface area contributed by atoms with Crippen molar-refractivity contribution in [2.75, 3.05) is 48.4 Å². The second-order valence-corrected chi connectivity index (χ2v) is 7.33. The van der Waals surface area contributed by atoms with Crippen LogP contribution in [0.25, 0.3) is 0 Å². The Morgan fingerprint density at radius 3 is 2.95 bits per heavy atom. The fraction of sp³-hybridized carbons (Fsp3) is 0.692. The van der Waals surface area contributed by atoms with Crippen molar-refractivity contribution < 1.29 is 9.53 Å². The van der Waals surface area contributed by atoms with Crippen LogP contribution in [0.3, 0.4) is 0 Å². The van der Waals surface area contributed by atoms with Crippen LogP contribution in [0, 0.1) is 0 Å². The summed E-state index contributed by atoms with van der Waals surface area (Å²) in [7, 11) is 0. The van der Waals surface area contributed by atoms with Crippen molar-refractivity contribution in [1.82, 2.24) is 10.3 Å². The summed E-state index contributed by atoms with van der Waals surface area (Å²) in [4.78, 5) is 19.4. The Bertz CT molecular complexity index is 496. The van der Waals surface area contributed by atoms with E-state index in [0.717, 1.165) is 36.8 Å². The molecular weight excluding hydrogens is 308 g/mol. The first-order valence-electron chi connectivity index (χ1n) is 7.21. The molecule has 2 fully saturated rings. The van der Waals surface area contributed by atoms with Gasteiger partial charge in [0, 0.05) is 24.9 Å². The highest BCUT2D eigenvalue weighted by Crippen LogP contribution is 2.29. The molecule has 6 nitrogen and oxygen atoms in total. The Balaban J connectivity index is 1.66. The standard InChI is InChI=1S/C13H20N4O2S2/c14-11-10(12(18)15-9-2-1-7-20-8-9)21-13(16-11)17-3-5-19-6-4-17/h9H,1-8,14H2,(H,15,18). The number of carbonyl (C=O) groups excluding carboxylic acids is 1. The van der Waals surface area contributed by atoms with Gasteiger partial charge in [0.2, 0.25) is 0 Å². The van der Waals surface area contributed by atoms with Crippen LogP contribution in [-0.2, 0) is 4.74 Å². The molecule has 1 atom stereocenters.